The molecule has 1 atom stereocenters. The van der Waals surface area contributed by atoms with Crippen LogP contribution in [-0.4, -0.2) is 16.0 Å². The minimum atomic E-state index is -0.0625. The van der Waals surface area contributed by atoms with E-state index >= 15 is 0 Å². The van der Waals surface area contributed by atoms with Crippen molar-refractivity contribution in [3.05, 3.63) is 70.9 Å². The van der Waals surface area contributed by atoms with Crippen molar-refractivity contribution in [2.24, 2.45) is 0 Å². The monoisotopic (exact) mass is 323 g/mol. The number of carbonyl (C=O) groups is 1. The zero-order valence-electron chi connectivity index (χ0n) is 13.7. The van der Waals surface area contributed by atoms with Gasteiger partial charge in [-0.1, -0.05) is 42.5 Å². The third-order valence-corrected chi connectivity index (χ3v) is 5.45. The highest BCUT2D eigenvalue weighted by Gasteiger charge is 2.21. The highest BCUT2D eigenvalue weighted by Crippen LogP contribution is 2.28. The average molecular weight is 323 g/mol. The Bertz CT molecular complexity index is 850. The summed E-state index contributed by atoms with van der Waals surface area (Å²) >= 11 is 1.70. The van der Waals surface area contributed by atoms with Crippen LogP contribution >= 0.6 is 11.8 Å². The van der Waals surface area contributed by atoms with E-state index < -0.39 is 0 Å². The molecule has 2 nitrogen and oxygen atoms in total. The number of rotatable bonds is 5. The van der Waals surface area contributed by atoms with E-state index in [1.165, 1.54) is 11.1 Å². The minimum Gasteiger partial charge on any atom is -0.358 e. The van der Waals surface area contributed by atoms with Crippen LogP contribution in [0, 0.1) is 13.8 Å². The van der Waals surface area contributed by atoms with Crippen molar-refractivity contribution >= 4 is 28.4 Å². The van der Waals surface area contributed by atoms with Crippen molar-refractivity contribution in [3.8, 4) is 0 Å². The topological polar surface area (TPSA) is 32.9 Å². The van der Waals surface area contributed by atoms with Gasteiger partial charge in [0, 0.05) is 27.9 Å². The number of aryl methyl sites for hydroxylation is 2. The fourth-order valence-electron chi connectivity index (χ4n) is 2.86. The molecule has 0 aliphatic carbocycles. The summed E-state index contributed by atoms with van der Waals surface area (Å²) < 4.78 is 0. The summed E-state index contributed by atoms with van der Waals surface area (Å²) in [6.07, 6.45) is 0. The molecule has 0 saturated carbocycles. The first-order valence-corrected chi connectivity index (χ1v) is 8.90. The first-order valence-electron chi connectivity index (χ1n) is 7.85. The van der Waals surface area contributed by atoms with Crippen molar-refractivity contribution in [2.45, 2.75) is 31.8 Å². The average Bonchev–Trinajstić information content (AvgIpc) is 2.89. The summed E-state index contributed by atoms with van der Waals surface area (Å²) in [5.41, 5.74) is 5.41. The molecule has 3 rings (SSSR count). The molecule has 23 heavy (non-hydrogen) atoms. The fourth-order valence-corrected chi connectivity index (χ4v) is 3.88. The Morgan fingerprint density at radius 2 is 1.78 bits per heavy atom. The highest BCUT2D eigenvalue weighted by atomic mass is 32.2. The number of hydrogen-bond acceptors (Lipinski definition) is 2. The lowest BCUT2D eigenvalue weighted by atomic mass is 10.1. The molecule has 3 heteroatoms. The molecular weight excluding hydrogens is 302 g/mol. The van der Waals surface area contributed by atoms with Gasteiger partial charge in [-0.15, -0.1) is 11.8 Å². The van der Waals surface area contributed by atoms with Gasteiger partial charge in [-0.25, -0.2) is 0 Å². The molecular formula is C20H21NOS. The molecule has 3 aromatic rings. The second-order valence-corrected chi connectivity index (χ2v) is 7.24. The van der Waals surface area contributed by atoms with Crippen LogP contribution in [0.4, 0.5) is 0 Å². The number of thioether (sulfide) groups is 1. The summed E-state index contributed by atoms with van der Waals surface area (Å²) in [4.78, 5) is 16.2. The van der Waals surface area contributed by atoms with Crippen LogP contribution in [0.3, 0.4) is 0 Å². The molecule has 0 amide bonds. The molecule has 0 radical (unpaired) electrons. The first-order chi connectivity index (χ1) is 11.1. The van der Waals surface area contributed by atoms with Crippen LogP contribution < -0.4 is 0 Å². The van der Waals surface area contributed by atoms with Crippen molar-refractivity contribution in [1.82, 2.24) is 4.98 Å². The lowest BCUT2D eigenvalue weighted by Gasteiger charge is -2.12. The van der Waals surface area contributed by atoms with Crippen LogP contribution in [0.25, 0.3) is 10.9 Å². The number of aromatic amines is 1. The molecule has 0 aliphatic rings. The number of carbonyl (C=O) groups excluding carboxylic acids is 1. The molecule has 0 bridgehead atoms. The third-order valence-electron chi connectivity index (χ3n) is 4.26. The van der Waals surface area contributed by atoms with Gasteiger partial charge in [-0.2, -0.15) is 0 Å². The Labute approximate surface area is 141 Å². The maximum absolute atomic E-state index is 12.9. The number of aromatic nitrogens is 1. The number of fused-ring (bicyclic) bond motifs is 1. The molecule has 0 aliphatic heterocycles. The van der Waals surface area contributed by atoms with Crippen molar-refractivity contribution in [1.29, 1.82) is 0 Å². The number of benzene rings is 2. The van der Waals surface area contributed by atoms with E-state index in [0.717, 1.165) is 27.9 Å². The molecule has 1 N–H and O–H groups in total. The van der Waals surface area contributed by atoms with E-state index in [1.807, 2.05) is 44.2 Å². The molecule has 1 aromatic heterocycles. The Morgan fingerprint density at radius 3 is 2.57 bits per heavy atom. The second-order valence-electron chi connectivity index (χ2n) is 5.91. The van der Waals surface area contributed by atoms with E-state index in [2.05, 4.69) is 30.1 Å². The summed E-state index contributed by atoms with van der Waals surface area (Å²) in [7, 11) is 0. The lowest BCUT2D eigenvalue weighted by molar-refractivity contribution is 0.0995. The maximum atomic E-state index is 12.9. The van der Waals surface area contributed by atoms with E-state index in [1.54, 1.807) is 11.8 Å². The molecule has 2 aromatic carbocycles. The van der Waals surface area contributed by atoms with Crippen molar-refractivity contribution in [3.63, 3.8) is 0 Å². The Morgan fingerprint density at radius 1 is 1.09 bits per heavy atom. The molecule has 1 heterocycles. The SMILES string of the molecule is Cc1ccccc1CS[C@@H](C)C(=O)c1c(C)[nH]c2ccccc12. The van der Waals surface area contributed by atoms with Gasteiger partial charge >= 0.3 is 0 Å². The molecule has 0 saturated heterocycles. The largest absolute Gasteiger partial charge is 0.358 e. The summed E-state index contributed by atoms with van der Waals surface area (Å²) in [5, 5.41) is 0.964. The van der Waals surface area contributed by atoms with E-state index in [4.69, 9.17) is 0 Å². The number of hydrogen-bond donors (Lipinski definition) is 1. The van der Waals surface area contributed by atoms with Crippen LogP contribution in [0.15, 0.2) is 48.5 Å². The number of Topliss-reactive ketones (excluding diaryl/α,β-unsaturated/α-hetero) is 1. The highest BCUT2D eigenvalue weighted by molar-refractivity contribution is 7.99. The van der Waals surface area contributed by atoms with Gasteiger partial charge in [-0.3, -0.25) is 4.79 Å². The number of ketones is 1. The van der Waals surface area contributed by atoms with Crippen LogP contribution in [0.5, 0.6) is 0 Å². The summed E-state index contributed by atoms with van der Waals surface area (Å²) in [6, 6.07) is 16.4. The second kappa shape index (κ2) is 6.63. The fraction of sp³-hybridized carbons (Fsp3) is 0.250. The number of H-pyrrole nitrogens is 1. The maximum Gasteiger partial charge on any atom is 0.177 e. The Hall–Kier alpha value is -2.00. The molecule has 0 spiro atoms. The predicted molar refractivity (Wildman–Crippen MR) is 99.3 cm³/mol. The van der Waals surface area contributed by atoms with Crippen LogP contribution in [-0.2, 0) is 5.75 Å². The van der Waals surface area contributed by atoms with Crippen molar-refractivity contribution in [2.75, 3.05) is 0 Å². The quantitative estimate of drug-likeness (QED) is 0.647. The first kappa shape index (κ1) is 15.9. The number of para-hydroxylation sites is 1. The Kier molecular flexibility index (Phi) is 4.58. The van der Waals surface area contributed by atoms with Gasteiger partial charge in [0.1, 0.15) is 0 Å². The van der Waals surface area contributed by atoms with Crippen LogP contribution in [0.1, 0.15) is 34.1 Å². The standard InChI is InChI=1S/C20H21NOS/c1-13-8-4-5-9-16(13)12-23-15(3)20(22)19-14(2)21-18-11-7-6-10-17(18)19/h4-11,15,21H,12H2,1-3H3/t15-/m0/s1. The number of nitrogens with one attached hydrogen (secondary N) is 1. The van der Waals surface area contributed by atoms with E-state index in [9.17, 15) is 4.79 Å². The van der Waals surface area contributed by atoms with Crippen molar-refractivity contribution < 1.29 is 4.79 Å². The summed E-state index contributed by atoms with van der Waals surface area (Å²) in [6.45, 7) is 6.10. The predicted octanol–water partition coefficient (Wildman–Crippen LogP) is 5.29. The molecule has 0 unspecified atom stereocenters. The van der Waals surface area contributed by atoms with Gasteiger partial charge < -0.3 is 4.98 Å². The van der Waals surface area contributed by atoms with Gasteiger partial charge in [-0.05, 0) is 38.0 Å². The van der Waals surface area contributed by atoms with Gasteiger partial charge in [0.15, 0.2) is 5.78 Å². The minimum absolute atomic E-state index is 0.0625. The zero-order valence-corrected chi connectivity index (χ0v) is 14.5. The van der Waals surface area contributed by atoms with Gasteiger partial charge in [0.25, 0.3) is 0 Å². The smallest absolute Gasteiger partial charge is 0.177 e. The van der Waals surface area contributed by atoms with Crippen LogP contribution in [0.2, 0.25) is 0 Å². The normalized spacial score (nSPS) is 12.5. The summed E-state index contributed by atoms with van der Waals surface area (Å²) in [5.74, 6) is 1.07. The third kappa shape index (κ3) is 3.20. The lowest BCUT2D eigenvalue weighted by Crippen LogP contribution is -2.14. The Balaban J connectivity index is 1.79. The van der Waals surface area contributed by atoms with E-state index in [-0.39, 0.29) is 11.0 Å². The molecule has 0 fully saturated rings. The molecule has 118 valence electrons. The van der Waals surface area contributed by atoms with E-state index in [0.29, 0.717) is 0 Å². The van der Waals surface area contributed by atoms with Gasteiger partial charge in [0.05, 0.1) is 5.25 Å². The zero-order chi connectivity index (χ0) is 16.4. The van der Waals surface area contributed by atoms with Gasteiger partial charge in [0.2, 0.25) is 0 Å².